The molecule has 0 unspecified atom stereocenters. The summed E-state index contributed by atoms with van der Waals surface area (Å²) in [5, 5.41) is 0. The average Bonchev–Trinajstić information content (AvgIpc) is 2.48. The van der Waals surface area contributed by atoms with E-state index in [1.807, 2.05) is 0 Å². The van der Waals surface area contributed by atoms with Gasteiger partial charge in [0.25, 0.3) is 10.0 Å². The second kappa shape index (κ2) is 7.80. The van der Waals surface area contributed by atoms with Gasteiger partial charge in [0.05, 0.1) is 15.9 Å². The van der Waals surface area contributed by atoms with Crippen molar-refractivity contribution in [3.63, 3.8) is 0 Å². The number of hydrogen-bond acceptors (Lipinski definition) is 8. The zero-order chi connectivity index (χ0) is 22.1. The van der Waals surface area contributed by atoms with Gasteiger partial charge in [0, 0.05) is 6.26 Å². The Hall–Kier alpha value is -1.98. The predicted molar refractivity (Wildman–Crippen MR) is 101 cm³/mol. The van der Waals surface area contributed by atoms with Gasteiger partial charge in [-0.15, -0.1) is 0 Å². The van der Waals surface area contributed by atoms with E-state index < -0.39 is 58.2 Å². The van der Waals surface area contributed by atoms with Gasteiger partial charge in [0.1, 0.15) is 10.5 Å². The summed E-state index contributed by atoms with van der Waals surface area (Å²) in [7, 11) is -8.78. The molecule has 1 aromatic carbocycles. The number of carbonyl (C=O) groups excluding carboxylic acids is 2. The number of esters is 1. The van der Waals surface area contributed by atoms with Crippen molar-refractivity contribution >= 4 is 31.8 Å². The van der Waals surface area contributed by atoms with Crippen LogP contribution in [0, 0.1) is 5.41 Å². The van der Waals surface area contributed by atoms with Crippen LogP contribution in [0.15, 0.2) is 28.0 Å². The number of sulfone groups is 1. The number of benzene rings is 1. The molecule has 0 saturated carbocycles. The Balaban J connectivity index is 3.57. The van der Waals surface area contributed by atoms with Crippen LogP contribution in [0.1, 0.15) is 51.9 Å². The van der Waals surface area contributed by atoms with Crippen LogP contribution >= 0.6 is 0 Å². The number of sulfonamides is 1. The Kier molecular flexibility index (Phi) is 6.70. The van der Waals surface area contributed by atoms with Crippen molar-refractivity contribution in [2.24, 2.45) is 5.41 Å². The lowest BCUT2D eigenvalue weighted by Gasteiger charge is -2.21. The minimum Gasteiger partial charge on any atom is -0.456 e. The highest BCUT2D eigenvalue weighted by molar-refractivity contribution is 7.93. The molecule has 11 heteroatoms. The van der Waals surface area contributed by atoms with Gasteiger partial charge >= 0.3 is 11.9 Å². The Bertz CT molecular complexity index is 981. The van der Waals surface area contributed by atoms with Gasteiger partial charge in [-0.25, -0.2) is 26.4 Å². The summed E-state index contributed by atoms with van der Waals surface area (Å²) < 4.78 is 54.9. The summed E-state index contributed by atoms with van der Waals surface area (Å²) in [5.41, 5.74) is -2.48. The standard InChI is InChI=1S/C17H25NO8S2/c1-16(2,3)15(20)26-18-28(23,24)13-11(14(19)25-17(4,5)6)9-8-10-12(13)27(7,21)22/h8-10,18H,1-7H3. The monoisotopic (exact) mass is 435 g/mol. The molecule has 0 amide bonds. The van der Waals surface area contributed by atoms with Crippen LogP contribution in [0.25, 0.3) is 0 Å². The zero-order valence-electron chi connectivity index (χ0n) is 16.8. The third-order valence-electron chi connectivity index (χ3n) is 3.12. The summed E-state index contributed by atoms with van der Waals surface area (Å²) >= 11 is 0. The molecule has 0 aromatic heterocycles. The third-order valence-corrected chi connectivity index (χ3v) is 5.67. The van der Waals surface area contributed by atoms with Crippen molar-refractivity contribution in [2.45, 2.75) is 56.9 Å². The van der Waals surface area contributed by atoms with Crippen molar-refractivity contribution < 1.29 is 36.0 Å². The maximum Gasteiger partial charge on any atom is 0.340 e. The van der Waals surface area contributed by atoms with Crippen LogP contribution in [0.2, 0.25) is 0 Å². The van der Waals surface area contributed by atoms with Crippen LogP contribution in [-0.4, -0.2) is 40.6 Å². The van der Waals surface area contributed by atoms with Crippen LogP contribution < -0.4 is 4.89 Å². The third kappa shape index (κ3) is 6.28. The average molecular weight is 436 g/mol. The fourth-order valence-corrected chi connectivity index (χ4v) is 4.46. The SMILES string of the molecule is CC(C)(C)OC(=O)c1cccc(S(C)(=O)=O)c1S(=O)(=O)NOC(=O)C(C)(C)C. The first-order chi connectivity index (χ1) is 12.4. The summed E-state index contributed by atoms with van der Waals surface area (Å²) in [5.74, 6) is -1.94. The largest absolute Gasteiger partial charge is 0.456 e. The highest BCUT2D eigenvalue weighted by Gasteiger charge is 2.34. The van der Waals surface area contributed by atoms with Crippen molar-refractivity contribution in [1.29, 1.82) is 0 Å². The molecule has 1 N–H and O–H groups in total. The normalized spacial score (nSPS) is 13.1. The predicted octanol–water partition coefficient (Wildman–Crippen LogP) is 1.83. The molecule has 1 rings (SSSR count). The molecule has 9 nitrogen and oxygen atoms in total. The Morgan fingerprint density at radius 1 is 0.964 bits per heavy atom. The Morgan fingerprint density at radius 3 is 1.93 bits per heavy atom. The Morgan fingerprint density at radius 2 is 1.50 bits per heavy atom. The minimum atomic E-state index is -4.73. The number of hydrogen-bond donors (Lipinski definition) is 1. The Labute approximate surface area is 165 Å². The molecule has 0 atom stereocenters. The van der Waals surface area contributed by atoms with Gasteiger partial charge in [-0.3, -0.25) is 0 Å². The molecular weight excluding hydrogens is 410 g/mol. The topological polar surface area (TPSA) is 133 Å². The molecule has 0 heterocycles. The van der Waals surface area contributed by atoms with Crippen molar-refractivity contribution in [1.82, 2.24) is 4.89 Å². The summed E-state index contributed by atoms with van der Waals surface area (Å²) in [6, 6.07) is 3.36. The van der Waals surface area contributed by atoms with E-state index in [4.69, 9.17) is 4.74 Å². The van der Waals surface area contributed by atoms with E-state index >= 15 is 0 Å². The lowest BCUT2D eigenvalue weighted by molar-refractivity contribution is -0.156. The van der Waals surface area contributed by atoms with Gasteiger partial charge in [0.2, 0.25) is 0 Å². The van der Waals surface area contributed by atoms with Crippen molar-refractivity contribution in [3.8, 4) is 0 Å². The fraction of sp³-hybridized carbons (Fsp3) is 0.529. The van der Waals surface area contributed by atoms with E-state index in [0.29, 0.717) is 0 Å². The maximum atomic E-state index is 12.8. The van der Waals surface area contributed by atoms with Gasteiger partial charge in [-0.2, -0.15) is 0 Å². The second-order valence-electron chi connectivity index (χ2n) is 8.13. The molecule has 28 heavy (non-hydrogen) atoms. The van der Waals surface area contributed by atoms with Gasteiger partial charge in [0.15, 0.2) is 9.84 Å². The van der Waals surface area contributed by atoms with E-state index in [1.54, 1.807) is 25.7 Å². The first-order valence-electron chi connectivity index (χ1n) is 8.16. The lowest BCUT2D eigenvalue weighted by atomic mass is 9.98. The van der Waals surface area contributed by atoms with E-state index in [0.717, 1.165) is 18.4 Å². The highest BCUT2D eigenvalue weighted by atomic mass is 32.2. The highest BCUT2D eigenvalue weighted by Crippen LogP contribution is 2.27. The lowest BCUT2D eigenvalue weighted by Crippen LogP contribution is -2.35. The molecular formula is C17H25NO8S2. The molecule has 0 bridgehead atoms. The molecule has 1 aromatic rings. The summed E-state index contributed by atoms with van der Waals surface area (Å²) in [6.45, 7) is 9.22. The molecule has 0 radical (unpaired) electrons. The quantitative estimate of drug-likeness (QED) is 0.547. The van der Waals surface area contributed by atoms with Crippen molar-refractivity contribution in [3.05, 3.63) is 23.8 Å². The van der Waals surface area contributed by atoms with Crippen LogP contribution in [-0.2, 0) is 34.2 Å². The number of ether oxygens (including phenoxy) is 1. The molecule has 158 valence electrons. The molecule has 0 saturated heterocycles. The summed E-state index contributed by atoms with van der Waals surface area (Å²) in [6.07, 6.45) is 0.793. The first kappa shape index (κ1) is 24.1. The van der Waals surface area contributed by atoms with Gasteiger partial charge < -0.3 is 9.57 Å². The van der Waals surface area contributed by atoms with E-state index in [2.05, 4.69) is 4.84 Å². The second-order valence-corrected chi connectivity index (χ2v) is 11.7. The van der Waals surface area contributed by atoms with Crippen LogP contribution in [0.4, 0.5) is 0 Å². The first-order valence-corrected chi connectivity index (χ1v) is 11.5. The van der Waals surface area contributed by atoms with E-state index in [-0.39, 0.29) is 0 Å². The summed E-state index contributed by atoms with van der Waals surface area (Å²) in [4.78, 5) is 29.1. The number of nitrogens with one attached hydrogen (secondary N) is 1. The van der Waals surface area contributed by atoms with E-state index in [1.165, 1.54) is 26.8 Å². The smallest absolute Gasteiger partial charge is 0.340 e. The van der Waals surface area contributed by atoms with Crippen molar-refractivity contribution in [2.75, 3.05) is 6.26 Å². The molecule has 0 aliphatic rings. The van der Waals surface area contributed by atoms with Crippen LogP contribution in [0.3, 0.4) is 0 Å². The fourth-order valence-electron chi connectivity index (χ4n) is 1.87. The number of carbonyl (C=O) groups is 2. The minimum absolute atomic E-state index is 0.503. The molecule has 0 spiro atoms. The number of rotatable bonds is 5. The molecule has 0 aliphatic carbocycles. The van der Waals surface area contributed by atoms with Crippen LogP contribution in [0.5, 0.6) is 0 Å². The van der Waals surface area contributed by atoms with E-state index in [9.17, 15) is 26.4 Å². The molecule has 0 fully saturated rings. The van der Waals surface area contributed by atoms with Gasteiger partial charge in [-0.1, -0.05) is 6.07 Å². The van der Waals surface area contributed by atoms with Gasteiger partial charge in [-0.05, 0) is 58.6 Å². The maximum absolute atomic E-state index is 12.8. The molecule has 0 aliphatic heterocycles. The zero-order valence-corrected chi connectivity index (χ0v) is 18.4.